The van der Waals surface area contributed by atoms with Crippen molar-refractivity contribution in [2.45, 2.75) is 0 Å². The SMILES string of the molecule is COC(=O)NN=Cc1ccc2ccccc2c1O. The van der Waals surface area contributed by atoms with Gasteiger partial charge in [-0.2, -0.15) is 5.10 Å². The molecule has 0 saturated carbocycles. The van der Waals surface area contributed by atoms with E-state index in [0.717, 1.165) is 10.8 Å². The molecule has 0 fully saturated rings. The molecular weight excluding hydrogens is 232 g/mol. The lowest BCUT2D eigenvalue weighted by Gasteiger charge is -2.03. The molecule has 18 heavy (non-hydrogen) atoms. The highest BCUT2D eigenvalue weighted by Gasteiger charge is 2.03. The smallest absolute Gasteiger partial charge is 0.427 e. The first-order valence-corrected chi connectivity index (χ1v) is 5.30. The Labute approximate surface area is 104 Å². The van der Waals surface area contributed by atoms with Gasteiger partial charge >= 0.3 is 6.09 Å². The molecule has 1 amide bonds. The number of ether oxygens (including phenoxy) is 1. The predicted octanol–water partition coefficient (Wildman–Crippen LogP) is 2.24. The van der Waals surface area contributed by atoms with Crippen LogP contribution < -0.4 is 5.43 Å². The molecule has 5 nitrogen and oxygen atoms in total. The van der Waals surface area contributed by atoms with Gasteiger partial charge in [-0.25, -0.2) is 10.2 Å². The molecule has 2 rings (SSSR count). The van der Waals surface area contributed by atoms with Crippen LogP contribution in [0.5, 0.6) is 5.75 Å². The molecule has 0 saturated heterocycles. The number of hydrogen-bond donors (Lipinski definition) is 2. The summed E-state index contributed by atoms with van der Waals surface area (Å²) in [5.41, 5.74) is 2.67. The van der Waals surface area contributed by atoms with Crippen molar-refractivity contribution in [2.24, 2.45) is 5.10 Å². The third-order valence-electron chi connectivity index (χ3n) is 2.48. The Morgan fingerprint density at radius 3 is 2.89 bits per heavy atom. The minimum Gasteiger partial charge on any atom is -0.507 e. The van der Waals surface area contributed by atoms with Crippen molar-refractivity contribution in [1.82, 2.24) is 5.43 Å². The zero-order chi connectivity index (χ0) is 13.0. The topological polar surface area (TPSA) is 70.9 Å². The molecule has 0 bridgehead atoms. The number of rotatable bonds is 2. The van der Waals surface area contributed by atoms with Gasteiger partial charge in [0.1, 0.15) is 5.75 Å². The van der Waals surface area contributed by atoms with Crippen LogP contribution in [0.4, 0.5) is 4.79 Å². The maximum atomic E-state index is 10.8. The average Bonchev–Trinajstić information content (AvgIpc) is 2.41. The van der Waals surface area contributed by atoms with E-state index in [1.165, 1.54) is 13.3 Å². The molecule has 0 atom stereocenters. The van der Waals surface area contributed by atoms with Gasteiger partial charge in [-0.05, 0) is 11.5 Å². The number of benzene rings is 2. The lowest BCUT2D eigenvalue weighted by Crippen LogP contribution is -2.16. The highest BCUT2D eigenvalue weighted by molar-refractivity contribution is 5.97. The van der Waals surface area contributed by atoms with Crippen molar-refractivity contribution in [1.29, 1.82) is 0 Å². The van der Waals surface area contributed by atoms with Crippen molar-refractivity contribution in [2.75, 3.05) is 7.11 Å². The standard InChI is InChI=1S/C13H12N2O3/c1-18-13(17)15-14-8-10-7-6-9-4-2-3-5-11(9)12(10)16/h2-8,16H,1H3,(H,15,17). The van der Waals surface area contributed by atoms with Crippen molar-refractivity contribution in [3.05, 3.63) is 42.0 Å². The van der Waals surface area contributed by atoms with Crippen LogP contribution in [0.25, 0.3) is 10.8 Å². The molecule has 0 aliphatic rings. The Kier molecular flexibility index (Phi) is 3.43. The average molecular weight is 244 g/mol. The van der Waals surface area contributed by atoms with E-state index in [-0.39, 0.29) is 5.75 Å². The molecule has 5 heteroatoms. The normalized spacial score (nSPS) is 10.7. The molecule has 2 aromatic carbocycles. The second-order valence-corrected chi connectivity index (χ2v) is 3.59. The van der Waals surface area contributed by atoms with Gasteiger partial charge in [0.05, 0.1) is 13.3 Å². The molecule has 0 radical (unpaired) electrons. The first-order chi connectivity index (χ1) is 8.72. The summed E-state index contributed by atoms with van der Waals surface area (Å²) in [6, 6.07) is 11.1. The zero-order valence-electron chi connectivity index (χ0n) is 9.75. The Morgan fingerprint density at radius 1 is 1.33 bits per heavy atom. The molecule has 0 aliphatic carbocycles. The summed E-state index contributed by atoms with van der Waals surface area (Å²) in [6.45, 7) is 0. The molecule has 2 N–H and O–H groups in total. The fourth-order valence-electron chi connectivity index (χ4n) is 1.58. The van der Waals surface area contributed by atoms with Crippen molar-refractivity contribution < 1.29 is 14.6 Å². The highest BCUT2D eigenvalue weighted by Crippen LogP contribution is 2.27. The number of carbonyl (C=O) groups excluding carboxylic acids is 1. The number of nitrogens with one attached hydrogen (secondary N) is 1. The number of methoxy groups -OCH3 is 1. The quantitative estimate of drug-likeness (QED) is 0.628. The first-order valence-electron chi connectivity index (χ1n) is 5.30. The predicted molar refractivity (Wildman–Crippen MR) is 68.7 cm³/mol. The van der Waals surface area contributed by atoms with Gasteiger partial charge < -0.3 is 9.84 Å². The van der Waals surface area contributed by atoms with E-state index in [9.17, 15) is 9.90 Å². The fourth-order valence-corrected chi connectivity index (χ4v) is 1.58. The number of hydrogen-bond acceptors (Lipinski definition) is 4. The Bertz CT molecular complexity index is 608. The van der Waals surface area contributed by atoms with Crippen molar-refractivity contribution in [3.63, 3.8) is 0 Å². The van der Waals surface area contributed by atoms with E-state index in [0.29, 0.717) is 5.56 Å². The maximum Gasteiger partial charge on any atom is 0.427 e. The molecule has 0 heterocycles. The van der Waals surface area contributed by atoms with E-state index >= 15 is 0 Å². The summed E-state index contributed by atoms with van der Waals surface area (Å²) in [5.74, 6) is 0.128. The van der Waals surface area contributed by atoms with E-state index in [4.69, 9.17) is 0 Å². The van der Waals surface area contributed by atoms with Crippen LogP contribution in [-0.4, -0.2) is 24.5 Å². The number of amides is 1. The number of phenols is 1. The van der Waals surface area contributed by atoms with Crippen LogP contribution in [0.2, 0.25) is 0 Å². The Balaban J connectivity index is 2.29. The molecule has 0 unspecified atom stereocenters. The number of nitrogens with zero attached hydrogens (tertiary/aromatic N) is 1. The van der Waals surface area contributed by atoms with Gasteiger partial charge in [-0.1, -0.05) is 30.3 Å². The van der Waals surface area contributed by atoms with Gasteiger partial charge in [0.2, 0.25) is 0 Å². The van der Waals surface area contributed by atoms with Gasteiger partial charge in [0, 0.05) is 10.9 Å². The molecule has 0 aromatic heterocycles. The van der Waals surface area contributed by atoms with E-state index in [1.54, 1.807) is 6.07 Å². The lowest BCUT2D eigenvalue weighted by atomic mass is 10.1. The van der Waals surface area contributed by atoms with Crippen molar-refractivity contribution in [3.8, 4) is 5.75 Å². The summed E-state index contributed by atoms with van der Waals surface area (Å²) >= 11 is 0. The van der Waals surface area contributed by atoms with E-state index < -0.39 is 6.09 Å². The second-order valence-electron chi connectivity index (χ2n) is 3.59. The van der Waals surface area contributed by atoms with Gasteiger partial charge in [-0.3, -0.25) is 0 Å². The highest BCUT2D eigenvalue weighted by atomic mass is 16.5. The minimum absolute atomic E-state index is 0.128. The first kappa shape index (κ1) is 11.9. The molecule has 92 valence electrons. The van der Waals surface area contributed by atoms with Crippen LogP contribution in [0.15, 0.2) is 41.5 Å². The van der Waals surface area contributed by atoms with Gasteiger partial charge in [0.25, 0.3) is 0 Å². The van der Waals surface area contributed by atoms with Crippen LogP contribution >= 0.6 is 0 Å². The number of hydrazone groups is 1. The Hall–Kier alpha value is -2.56. The molecule has 0 aliphatic heterocycles. The number of phenolic OH excluding ortho intramolecular Hbond substituents is 1. The van der Waals surface area contributed by atoms with Crippen molar-refractivity contribution >= 4 is 23.1 Å². The summed E-state index contributed by atoms with van der Waals surface area (Å²) in [7, 11) is 1.25. The largest absolute Gasteiger partial charge is 0.507 e. The number of fused-ring (bicyclic) bond motifs is 1. The summed E-state index contributed by atoms with van der Waals surface area (Å²) in [4.78, 5) is 10.8. The third-order valence-corrected chi connectivity index (χ3v) is 2.48. The maximum absolute atomic E-state index is 10.8. The number of aromatic hydroxyl groups is 1. The van der Waals surface area contributed by atoms with Gasteiger partial charge in [-0.15, -0.1) is 0 Å². The van der Waals surface area contributed by atoms with Crippen LogP contribution in [0.1, 0.15) is 5.56 Å². The van der Waals surface area contributed by atoms with E-state index in [2.05, 4.69) is 15.3 Å². The zero-order valence-corrected chi connectivity index (χ0v) is 9.75. The van der Waals surface area contributed by atoms with Crippen LogP contribution in [0, 0.1) is 0 Å². The summed E-state index contributed by atoms with van der Waals surface area (Å²) in [5, 5.41) is 15.4. The molecule has 2 aromatic rings. The second kappa shape index (κ2) is 5.18. The van der Waals surface area contributed by atoms with Crippen LogP contribution in [-0.2, 0) is 4.74 Å². The monoisotopic (exact) mass is 244 g/mol. The lowest BCUT2D eigenvalue weighted by molar-refractivity contribution is 0.171. The fraction of sp³-hybridized carbons (Fsp3) is 0.0769. The molecular formula is C13H12N2O3. The Morgan fingerprint density at radius 2 is 2.11 bits per heavy atom. The van der Waals surface area contributed by atoms with E-state index in [1.807, 2.05) is 30.3 Å². The van der Waals surface area contributed by atoms with Crippen LogP contribution in [0.3, 0.4) is 0 Å². The molecule has 0 spiro atoms. The number of carbonyl (C=O) groups is 1. The third kappa shape index (κ3) is 2.40. The van der Waals surface area contributed by atoms with Gasteiger partial charge in [0.15, 0.2) is 0 Å². The minimum atomic E-state index is -0.661. The summed E-state index contributed by atoms with van der Waals surface area (Å²) < 4.78 is 4.36. The summed E-state index contributed by atoms with van der Waals surface area (Å²) in [6.07, 6.45) is 0.699.